The van der Waals surface area contributed by atoms with Gasteiger partial charge in [0, 0.05) is 23.0 Å². The Kier molecular flexibility index (Phi) is 7.92. The SMILES string of the molecule is C[C@H](OC(=O)CN1CCCCCC1=O)C(=O)N[C@@H](C)c1ccc(Cl)cc1Cl. The van der Waals surface area contributed by atoms with Gasteiger partial charge in [-0.3, -0.25) is 14.4 Å². The minimum Gasteiger partial charge on any atom is -0.451 e. The number of rotatable bonds is 6. The lowest BCUT2D eigenvalue weighted by Gasteiger charge is -2.22. The van der Waals surface area contributed by atoms with Crippen LogP contribution >= 0.6 is 23.2 Å². The van der Waals surface area contributed by atoms with E-state index in [0.29, 0.717) is 28.6 Å². The Labute approximate surface area is 169 Å². The van der Waals surface area contributed by atoms with Crippen LogP contribution in [0.25, 0.3) is 0 Å². The summed E-state index contributed by atoms with van der Waals surface area (Å²) in [5, 5.41) is 3.71. The highest BCUT2D eigenvalue weighted by Gasteiger charge is 2.24. The Morgan fingerprint density at radius 1 is 1.22 bits per heavy atom. The number of carbonyl (C=O) groups excluding carboxylic acids is 3. The van der Waals surface area contributed by atoms with Crippen LogP contribution in [0.4, 0.5) is 0 Å². The predicted octanol–water partition coefficient (Wildman–Crippen LogP) is 3.50. The van der Waals surface area contributed by atoms with Crippen molar-refractivity contribution in [3.05, 3.63) is 33.8 Å². The maximum absolute atomic E-state index is 12.3. The highest BCUT2D eigenvalue weighted by molar-refractivity contribution is 6.35. The minimum atomic E-state index is -0.979. The zero-order valence-corrected chi connectivity index (χ0v) is 17.0. The second-order valence-corrected chi connectivity index (χ2v) is 7.50. The van der Waals surface area contributed by atoms with Crippen LogP contribution in [-0.4, -0.2) is 41.9 Å². The standard InChI is InChI=1S/C19H24Cl2N2O4/c1-12(15-8-7-14(20)10-16(15)21)22-19(26)13(2)27-18(25)11-23-9-5-3-4-6-17(23)24/h7-8,10,12-13H,3-6,9,11H2,1-2H3,(H,22,26)/t12-,13-/m0/s1. The monoisotopic (exact) mass is 414 g/mol. The molecular weight excluding hydrogens is 391 g/mol. The minimum absolute atomic E-state index is 0.0486. The largest absolute Gasteiger partial charge is 0.451 e. The molecule has 0 aromatic heterocycles. The first-order valence-electron chi connectivity index (χ1n) is 9.00. The van der Waals surface area contributed by atoms with Crippen LogP contribution in [0.5, 0.6) is 0 Å². The van der Waals surface area contributed by atoms with Gasteiger partial charge in [-0.05, 0) is 44.4 Å². The van der Waals surface area contributed by atoms with E-state index in [4.69, 9.17) is 27.9 Å². The first-order valence-corrected chi connectivity index (χ1v) is 9.76. The molecule has 1 aromatic rings. The molecule has 6 nitrogen and oxygen atoms in total. The summed E-state index contributed by atoms with van der Waals surface area (Å²) in [4.78, 5) is 37.9. The van der Waals surface area contributed by atoms with E-state index in [0.717, 1.165) is 19.3 Å². The van der Waals surface area contributed by atoms with Gasteiger partial charge in [-0.25, -0.2) is 0 Å². The smallest absolute Gasteiger partial charge is 0.326 e. The fourth-order valence-corrected chi connectivity index (χ4v) is 3.48. The molecule has 1 aliphatic rings. The van der Waals surface area contributed by atoms with Crippen molar-refractivity contribution in [2.45, 2.75) is 51.7 Å². The van der Waals surface area contributed by atoms with Crippen LogP contribution in [0, 0.1) is 0 Å². The number of ether oxygens (including phenoxy) is 1. The number of hydrogen-bond acceptors (Lipinski definition) is 4. The van der Waals surface area contributed by atoms with E-state index in [-0.39, 0.29) is 18.5 Å². The van der Waals surface area contributed by atoms with E-state index >= 15 is 0 Å². The molecule has 1 saturated heterocycles. The predicted molar refractivity (Wildman–Crippen MR) is 104 cm³/mol. The number of benzene rings is 1. The third-order valence-electron chi connectivity index (χ3n) is 4.46. The van der Waals surface area contributed by atoms with Crippen molar-refractivity contribution in [1.82, 2.24) is 10.2 Å². The molecule has 148 valence electrons. The molecule has 0 aliphatic carbocycles. The average molecular weight is 415 g/mol. The third-order valence-corrected chi connectivity index (χ3v) is 5.02. The average Bonchev–Trinajstić information content (AvgIpc) is 2.79. The molecule has 1 aromatic carbocycles. The summed E-state index contributed by atoms with van der Waals surface area (Å²) in [6, 6.07) is 4.64. The Balaban J connectivity index is 1.86. The van der Waals surface area contributed by atoms with Gasteiger partial charge in [0.1, 0.15) is 6.54 Å². The number of nitrogens with one attached hydrogen (secondary N) is 1. The highest BCUT2D eigenvalue weighted by Crippen LogP contribution is 2.26. The normalized spacial score (nSPS) is 17.0. The number of esters is 1. The maximum atomic E-state index is 12.3. The van der Waals surface area contributed by atoms with Crippen LogP contribution in [-0.2, 0) is 19.1 Å². The summed E-state index contributed by atoms with van der Waals surface area (Å²) in [6.45, 7) is 3.68. The molecule has 27 heavy (non-hydrogen) atoms. The van der Waals surface area contributed by atoms with E-state index in [2.05, 4.69) is 5.32 Å². The van der Waals surface area contributed by atoms with Gasteiger partial charge in [0.15, 0.2) is 6.10 Å². The lowest BCUT2D eigenvalue weighted by Crippen LogP contribution is -2.41. The van der Waals surface area contributed by atoms with Gasteiger partial charge in [0.05, 0.1) is 6.04 Å². The fourth-order valence-electron chi connectivity index (χ4n) is 2.91. The molecule has 0 saturated carbocycles. The molecule has 0 spiro atoms. The zero-order valence-electron chi connectivity index (χ0n) is 15.5. The molecule has 2 amide bonds. The molecule has 0 bridgehead atoms. The van der Waals surface area contributed by atoms with Crippen molar-refractivity contribution in [3.8, 4) is 0 Å². The van der Waals surface area contributed by atoms with Crippen LogP contribution in [0.3, 0.4) is 0 Å². The molecule has 1 heterocycles. The third kappa shape index (κ3) is 6.40. The first-order chi connectivity index (χ1) is 12.8. The maximum Gasteiger partial charge on any atom is 0.326 e. The zero-order chi connectivity index (χ0) is 20.0. The highest BCUT2D eigenvalue weighted by atomic mass is 35.5. The Bertz CT molecular complexity index is 711. The summed E-state index contributed by atoms with van der Waals surface area (Å²) >= 11 is 12.0. The number of nitrogens with zero attached hydrogens (tertiary/aromatic N) is 1. The Hall–Kier alpha value is -1.79. The van der Waals surface area contributed by atoms with Gasteiger partial charge in [0.25, 0.3) is 5.91 Å². The van der Waals surface area contributed by atoms with Crippen molar-refractivity contribution in [2.24, 2.45) is 0 Å². The van der Waals surface area contributed by atoms with Crippen molar-refractivity contribution in [1.29, 1.82) is 0 Å². The molecule has 0 radical (unpaired) electrons. The van der Waals surface area contributed by atoms with E-state index in [1.54, 1.807) is 25.1 Å². The summed E-state index contributed by atoms with van der Waals surface area (Å²) in [7, 11) is 0. The van der Waals surface area contributed by atoms with Gasteiger partial charge in [-0.15, -0.1) is 0 Å². The van der Waals surface area contributed by atoms with E-state index in [1.807, 2.05) is 0 Å². The second kappa shape index (κ2) is 9.95. The van der Waals surface area contributed by atoms with Gasteiger partial charge in [-0.2, -0.15) is 0 Å². The summed E-state index contributed by atoms with van der Waals surface area (Å²) in [6.07, 6.45) is 2.15. The fraction of sp³-hybridized carbons (Fsp3) is 0.526. The lowest BCUT2D eigenvalue weighted by atomic mass is 10.1. The van der Waals surface area contributed by atoms with E-state index in [1.165, 1.54) is 11.8 Å². The molecular formula is C19H24Cl2N2O4. The Morgan fingerprint density at radius 2 is 1.96 bits per heavy atom. The van der Waals surface area contributed by atoms with Crippen molar-refractivity contribution in [2.75, 3.05) is 13.1 Å². The van der Waals surface area contributed by atoms with Gasteiger partial charge in [-0.1, -0.05) is 35.7 Å². The summed E-state index contributed by atoms with van der Waals surface area (Å²) in [5.74, 6) is -1.08. The topological polar surface area (TPSA) is 75.7 Å². The first kappa shape index (κ1) is 21.5. The number of amides is 2. The van der Waals surface area contributed by atoms with E-state index in [9.17, 15) is 14.4 Å². The van der Waals surface area contributed by atoms with Crippen LogP contribution in [0.15, 0.2) is 18.2 Å². The molecule has 2 atom stereocenters. The van der Waals surface area contributed by atoms with Crippen molar-refractivity contribution in [3.63, 3.8) is 0 Å². The molecule has 1 aliphatic heterocycles. The van der Waals surface area contributed by atoms with Crippen molar-refractivity contribution >= 4 is 41.0 Å². The van der Waals surface area contributed by atoms with Crippen LogP contribution < -0.4 is 5.32 Å². The molecule has 0 unspecified atom stereocenters. The number of hydrogen-bond donors (Lipinski definition) is 1. The van der Waals surface area contributed by atoms with Crippen molar-refractivity contribution < 1.29 is 19.1 Å². The van der Waals surface area contributed by atoms with Gasteiger partial charge < -0.3 is 15.0 Å². The number of halogens is 2. The number of likely N-dealkylation sites (tertiary alicyclic amines) is 1. The van der Waals surface area contributed by atoms with Crippen LogP contribution in [0.2, 0.25) is 10.0 Å². The molecule has 8 heteroatoms. The van der Waals surface area contributed by atoms with Crippen LogP contribution in [0.1, 0.15) is 51.1 Å². The molecule has 1 fully saturated rings. The molecule has 2 rings (SSSR count). The van der Waals surface area contributed by atoms with E-state index < -0.39 is 18.0 Å². The summed E-state index contributed by atoms with van der Waals surface area (Å²) in [5.41, 5.74) is 0.711. The second-order valence-electron chi connectivity index (χ2n) is 6.65. The summed E-state index contributed by atoms with van der Waals surface area (Å²) < 4.78 is 5.19. The number of carbonyl (C=O) groups is 3. The molecule has 1 N–H and O–H groups in total. The Morgan fingerprint density at radius 3 is 2.67 bits per heavy atom. The quantitative estimate of drug-likeness (QED) is 0.722. The lowest BCUT2D eigenvalue weighted by molar-refractivity contribution is -0.157. The van der Waals surface area contributed by atoms with Gasteiger partial charge in [0.2, 0.25) is 5.91 Å². The van der Waals surface area contributed by atoms with Gasteiger partial charge >= 0.3 is 5.97 Å².